The number of piperidine rings is 1. The summed E-state index contributed by atoms with van der Waals surface area (Å²) >= 11 is 0. The summed E-state index contributed by atoms with van der Waals surface area (Å²) in [6, 6.07) is 0. The summed E-state index contributed by atoms with van der Waals surface area (Å²) in [4.78, 5) is 14.7. The van der Waals surface area contributed by atoms with Crippen LogP contribution < -0.4 is 0 Å². The highest BCUT2D eigenvalue weighted by molar-refractivity contribution is 5.77. The van der Waals surface area contributed by atoms with Crippen molar-refractivity contribution in [1.82, 2.24) is 15.1 Å². The minimum Gasteiger partial charge on any atom is -0.350 e. The maximum atomic E-state index is 12.7. The van der Waals surface area contributed by atoms with Crippen LogP contribution in [-0.2, 0) is 14.3 Å². The van der Waals surface area contributed by atoms with E-state index in [-0.39, 0.29) is 18.1 Å². The quantitative estimate of drug-likeness (QED) is 0.922. The third-order valence-corrected chi connectivity index (χ3v) is 5.00. The molecule has 0 aromatic carbocycles. The van der Waals surface area contributed by atoms with Gasteiger partial charge in [-0.25, -0.2) is 0 Å². The number of hydrogen-bond acceptors (Lipinski definition) is 4. The summed E-state index contributed by atoms with van der Waals surface area (Å²) in [5.41, 5.74) is 3.23. The summed E-state index contributed by atoms with van der Waals surface area (Å²) in [6.07, 6.45) is 2.50. The molecule has 2 fully saturated rings. The van der Waals surface area contributed by atoms with Crippen molar-refractivity contribution in [2.75, 3.05) is 26.3 Å². The lowest BCUT2D eigenvalue weighted by molar-refractivity contribution is -0.139. The number of aromatic amines is 1. The SMILES string of the molecule is Cc1n[nH]c(C)c1C(C)CC(=O)N1CCCC(C2OCCO2)C1. The molecule has 6 heteroatoms. The van der Waals surface area contributed by atoms with E-state index in [0.29, 0.717) is 25.6 Å². The number of aromatic nitrogens is 2. The van der Waals surface area contributed by atoms with Crippen LogP contribution in [0, 0.1) is 19.8 Å². The summed E-state index contributed by atoms with van der Waals surface area (Å²) in [6.45, 7) is 9.05. The molecule has 2 aliphatic heterocycles. The topological polar surface area (TPSA) is 67.5 Å². The van der Waals surface area contributed by atoms with Gasteiger partial charge in [0.15, 0.2) is 6.29 Å². The molecule has 2 saturated heterocycles. The standard InChI is InChI=1S/C17H27N3O3/c1-11(16-12(2)18-19-13(16)3)9-15(21)20-6-4-5-14(10-20)17-22-7-8-23-17/h11,14,17H,4-10H2,1-3H3,(H,18,19). The molecule has 2 unspecified atom stereocenters. The van der Waals surface area contributed by atoms with E-state index in [9.17, 15) is 4.79 Å². The molecule has 23 heavy (non-hydrogen) atoms. The van der Waals surface area contributed by atoms with Gasteiger partial charge in [0, 0.05) is 31.1 Å². The zero-order chi connectivity index (χ0) is 16.4. The lowest BCUT2D eigenvalue weighted by atomic mass is 9.93. The first-order chi connectivity index (χ1) is 11.1. The Morgan fingerprint density at radius 2 is 2.13 bits per heavy atom. The Kier molecular flexibility index (Phi) is 5.02. The zero-order valence-corrected chi connectivity index (χ0v) is 14.3. The van der Waals surface area contributed by atoms with Crippen LogP contribution in [0.3, 0.4) is 0 Å². The monoisotopic (exact) mass is 321 g/mol. The number of aryl methyl sites for hydroxylation is 2. The van der Waals surface area contributed by atoms with Gasteiger partial charge >= 0.3 is 0 Å². The molecular formula is C17H27N3O3. The molecular weight excluding hydrogens is 294 g/mol. The van der Waals surface area contributed by atoms with Crippen molar-refractivity contribution in [2.24, 2.45) is 5.92 Å². The Bertz CT molecular complexity index is 532. The number of ether oxygens (including phenoxy) is 2. The second-order valence-corrected chi connectivity index (χ2v) is 6.80. The lowest BCUT2D eigenvalue weighted by Gasteiger charge is -2.35. The van der Waals surface area contributed by atoms with Gasteiger partial charge in [0.05, 0.1) is 18.9 Å². The van der Waals surface area contributed by atoms with Crippen LogP contribution in [0.4, 0.5) is 0 Å². The minimum absolute atomic E-state index is 0.124. The van der Waals surface area contributed by atoms with E-state index in [2.05, 4.69) is 17.1 Å². The van der Waals surface area contributed by atoms with Gasteiger partial charge in [-0.15, -0.1) is 0 Å². The average Bonchev–Trinajstić information content (AvgIpc) is 3.17. The third-order valence-electron chi connectivity index (χ3n) is 5.00. The van der Waals surface area contributed by atoms with Crippen LogP contribution in [0.2, 0.25) is 0 Å². The maximum Gasteiger partial charge on any atom is 0.223 e. The van der Waals surface area contributed by atoms with Crippen LogP contribution in [0.15, 0.2) is 0 Å². The van der Waals surface area contributed by atoms with Gasteiger partial charge in [-0.2, -0.15) is 5.10 Å². The van der Waals surface area contributed by atoms with Crippen LogP contribution in [0.1, 0.15) is 49.1 Å². The third kappa shape index (κ3) is 3.58. The number of rotatable bonds is 4. The highest BCUT2D eigenvalue weighted by Gasteiger charge is 2.33. The van der Waals surface area contributed by atoms with Crippen molar-refractivity contribution in [3.8, 4) is 0 Å². The van der Waals surface area contributed by atoms with Crippen molar-refractivity contribution in [1.29, 1.82) is 0 Å². The first-order valence-electron chi connectivity index (χ1n) is 8.58. The fourth-order valence-corrected chi connectivity index (χ4v) is 3.89. The fourth-order valence-electron chi connectivity index (χ4n) is 3.89. The van der Waals surface area contributed by atoms with Crippen LogP contribution >= 0.6 is 0 Å². The van der Waals surface area contributed by atoms with Gasteiger partial charge in [-0.3, -0.25) is 9.89 Å². The predicted octanol–water partition coefficient (Wildman–Crippen LogP) is 2.13. The maximum absolute atomic E-state index is 12.7. The number of H-pyrrole nitrogens is 1. The van der Waals surface area contributed by atoms with Crippen molar-refractivity contribution in [3.05, 3.63) is 17.0 Å². The Morgan fingerprint density at radius 1 is 1.39 bits per heavy atom. The zero-order valence-electron chi connectivity index (χ0n) is 14.3. The second-order valence-electron chi connectivity index (χ2n) is 6.80. The van der Waals surface area contributed by atoms with Crippen LogP contribution in [0.25, 0.3) is 0 Å². The number of hydrogen-bond donors (Lipinski definition) is 1. The summed E-state index contributed by atoms with van der Waals surface area (Å²) < 4.78 is 11.2. The van der Waals surface area contributed by atoms with Crippen molar-refractivity contribution in [2.45, 2.75) is 52.2 Å². The molecule has 0 bridgehead atoms. The van der Waals surface area contributed by atoms with Gasteiger partial charge in [0.25, 0.3) is 0 Å². The molecule has 0 radical (unpaired) electrons. The van der Waals surface area contributed by atoms with E-state index in [1.807, 2.05) is 18.7 Å². The molecule has 1 aromatic heterocycles. The molecule has 2 aliphatic rings. The van der Waals surface area contributed by atoms with Crippen molar-refractivity contribution in [3.63, 3.8) is 0 Å². The summed E-state index contributed by atoms with van der Waals surface area (Å²) in [7, 11) is 0. The first kappa shape index (κ1) is 16.5. The number of likely N-dealkylation sites (tertiary alicyclic amines) is 1. The molecule has 6 nitrogen and oxygen atoms in total. The van der Waals surface area contributed by atoms with Crippen molar-refractivity contribution < 1.29 is 14.3 Å². The molecule has 128 valence electrons. The number of carbonyl (C=O) groups excluding carboxylic acids is 1. The molecule has 0 spiro atoms. The minimum atomic E-state index is -0.124. The molecule has 1 amide bonds. The van der Waals surface area contributed by atoms with E-state index < -0.39 is 0 Å². The number of carbonyl (C=O) groups is 1. The van der Waals surface area contributed by atoms with E-state index in [1.165, 1.54) is 5.56 Å². The molecule has 3 heterocycles. The summed E-state index contributed by atoms with van der Waals surface area (Å²) in [5.74, 6) is 0.712. The second kappa shape index (κ2) is 7.01. The Balaban J connectivity index is 1.59. The van der Waals surface area contributed by atoms with Gasteiger partial charge in [-0.05, 0) is 38.2 Å². The lowest BCUT2D eigenvalue weighted by Crippen LogP contribution is -2.44. The highest BCUT2D eigenvalue weighted by atomic mass is 16.7. The highest BCUT2D eigenvalue weighted by Crippen LogP contribution is 2.28. The van der Waals surface area contributed by atoms with Crippen LogP contribution in [-0.4, -0.2) is 53.6 Å². The molecule has 2 atom stereocenters. The Morgan fingerprint density at radius 3 is 2.78 bits per heavy atom. The number of amides is 1. The van der Waals surface area contributed by atoms with Gasteiger partial charge in [-0.1, -0.05) is 6.92 Å². The predicted molar refractivity (Wildman–Crippen MR) is 86.1 cm³/mol. The first-order valence-corrected chi connectivity index (χ1v) is 8.58. The largest absolute Gasteiger partial charge is 0.350 e. The van der Waals surface area contributed by atoms with Crippen molar-refractivity contribution >= 4 is 5.91 Å². The smallest absolute Gasteiger partial charge is 0.223 e. The van der Waals surface area contributed by atoms with E-state index in [4.69, 9.17) is 9.47 Å². The van der Waals surface area contributed by atoms with Crippen LogP contribution in [0.5, 0.6) is 0 Å². The Hall–Kier alpha value is -1.40. The number of nitrogens with one attached hydrogen (secondary N) is 1. The van der Waals surface area contributed by atoms with Gasteiger partial charge in [0.2, 0.25) is 5.91 Å². The molecule has 1 N–H and O–H groups in total. The molecule has 0 saturated carbocycles. The average molecular weight is 321 g/mol. The van der Waals surface area contributed by atoms with E-state index >= 15 is 0 Å². The number of nitrogens with zero attached hydrogens (tertiary/aromatic N) is 2. The van der Waals surface area contributed by atoms with Gasteiger partial charge in [0.1, 0.15) is 0 Å². The normalized spacial score (nSPS) is 24.1. The Labute approximate surface area is 137 Å². The molecule has 3 rings (SSSR count). The molecule has 1 aromatic rings. The van der Waals surface area contributed by atoms with E-state index in [1.54, 1.807) is 0 Å². The van der Waals surface area contributed by atoms with Gasteiger partial charge < -0.3 is 14.4 Å². The summed E-state index contributed by atoms with van der Waals surface area (Å²) in [5, 5.41) is 7.25. The fraction of sp³-hybridized carbons (Fsp3) is 0.765. The van der Waals surface area contributed by atoms with E-state index in [0.717, 1.165) is 37.3 Å². The molecule has 0 aliphatic carbocycles.